The van der Waals surface area contributed by atoms with Crippen molar-refractivity contribution in [1.29, 1.82) is 0 Å². The van der Waals surface area contributed by atoms with E-state index >= 15 is 0 Å². The molecule has 0 spiro atoms. The van der Waals surface area contributed by atoms with Crippen LogP contribution in [0, 0.1) is 9.39 Å². The lowest BCUT2D eigenvalue weighted by molar-refractivity contribution is 0.599. The monoisotopic (exact) mass is 475 g/mol. The van der Waals surface area contributed by atoms with Crippen molar-refractivity contribution in [3.63, 3.8) is 0 Å². The van der Waals surface area contributed by atoms with Gasteiger partial charge >= 0.3 is 0 Å². The molecular formula is C15H15FIN5O2S. The van der Waals surface area contributed by atoms with Crippen LogP contribution >= 0.6 is 22.6 Å². The van der Waals surface area contributed by atoms with Crippen LogP contribution in [-0.4, -0.2) is 28.9 Å². The molecule has 0 fully saturated rings. The molecule has 0 unspecified atom stereocenters. The molecule has 25 heavy (non-hydrogen) atoms. The maximum Gasteiger partial charge on any atom is 0.232 e. The number of anilines is 2. The summed E-state index contributed by atoms with van der Waals surface area (Å²) in [5.41, 5.74) is 7.67. The number of fused-ring (bicyclic) bond motifs is 1. The first-order valence-corrected chi connectivity index (χ1v) is 10.0. The molecule has 3 aromatic rings. The van der Waals surface area contributed by atoms with Gasteiger partial charge in [-0.25, -0.2) is 17.8 Å². The second-order valence-electron chi connectivity index (χ2n) is 5.39. The quantitative estimate of drug-likeness (QED) is 0.565. The number of benzene rings is 1. The molecule has 0 atom stereocenters. The van der Waals surface area contributed by atoms with Crippen molar-refractivity contribution in [1.82, 2.24) is 14.8 Å². The van der Waals surface area contributed by atoms with Crippen molar-refractivity contribution in [2.75, 3.05) is 16.2 Å². The van der Waals surface area contributed by atoms with Crippen LogP contribution in [-0.2, 0) is 17.1 Å². The molecule has 0 radical (unpaired) electrons. The van der Waals surface area contributed by atoms with E-state index in [9.17, 15) is 12.8 Å². The van der Waals surface area contributed by atoms with E-state index in [1.807, 2.05) is 0 Å². The highest BCUT2D eigenvalue weighted by Crippen LogP contribution is 2.34. The van der Waals surface area contributed by atoms with Gasteiger partial charge in [-0.2, -0.15) is 5.10 Å². The van der Waals surface area contributed by atoms with Gasteiger partial charge < -0.3 is 5.73 Å². The zero-order valence-electron chi connectivity index (χ0n) is 13.4. The van der Waals surface area contributed by atoms with Gasteiger partial charge in [0.15, 0.2) is 0 Å². The molecule has 0 amide bonds. The second-order valence-corrected chi connectivity index (χ2v) is 8.56. The molecule has 0 aliphatic carbocycles. The molecule has 0 saturated heterocycles. The van der Waals surface area contributed by atoms with Gasteiger partial charge in [-0.1, -0.05) is 6.07 Å². The fraction of sp³-hybridized carbons (Fsp3) is 0.200. The predicted octanol–water partition coefficient (Wildman–Crippen LogP) is 2.72. The molecule has 2 heterocycles. The number of hydrogen-bond donors (Lipinski definition) is 2. The second kappa shape index (κ2) is 6.41. The highest BCUT2D eigenvalue weighted by Gasteiger charge is 2.18. The first kappa shape index (κ1) is 17.9. The van der Waals surface area contributed by atoms with E-state index < -0.39 is 15.8 Å². The number of aromatic nitrogens is 3. The van der Waals surface area contributed by atoms with E-state index in [1.165, 1.54) is 19.1 Å². The van der Waals surface area contributed by atoms with Crippen LogP contribution in [0.2, 0.25) is 0 Å². The van der Waals surface area contributed by atoms with Crippen LogP contribution in [0.5, 0.6) is 0 Å². The largest absolute Gasteiger partial charge is 0.383 e. The Kier molecular flexibility index (Phi) is 4.58. The Morgan fingerprint density at radius 2 is 2.12 bits per heavy atom. The van der Waals surface area contributed by atoms with Crippen molar-refractivity contribution >= 4 is 55.0 Å². The number of nitrogens with one attached hydrogen (secondary N) is 1. The van der Waals surface area contributed by atoms with Crippen molar-refractivity contribution in [3.8, 4) is 11.3 Å². The normalized spacial score (nSPS) is 11.8. The third kappa shape index (κ3) is 3.27. The number of nitrogen functional groups attached to an aromatic ring is 1. The van der Waals surface area contributed by atoms with Crippen molar-refractivity contribution in [3.05, 3.63) is 33.8 Å². The highest BCUT2D eigenvalue weighted by atomic mass is 127. The Bertz CT molecular complexity index is 1080. The number of hydrogen-bond acceptors (Lipinski definition) is 5. The van der Waals surface area contributed by atoms with Gasteiger partial charge in [-0.15, -0.1) is 0 Å². The zero-order valence-corrected chi connectivity index (χ0v) is 16.4. The number of sulfonamides is 1. The molecule has 0 bridgehead atoms. The molecule has 1 aromatic carbocycles. The molecule has 0 saturated carbocycles. The number of halogens is 2. The number of rotatable bonds is 4. The molecule has 0 aliphatic heterocycles. The molecule has 132 valence electrons. The average Bonchev–Trinajstić information content (AvgIpc) is 2.91. The van der Waals surface area contributed by atoms with Crippen LogP contribution in [0.4, 0.5) is 15.9 Å². The molecular weight excluding hydrogens is 460 g/mol. The third-order valence-electron chi connectivity index (χ3n) is 3.73. The lowest BCUT2D eigenvalue weighted by Gasteiger charge is -2.08. The molecule has 2 aromatic heterocycles. The molecule has 10 heteroatoms. The fourth-order valence-corrected chi connectivity index (χ4v) is 3.88. The van der Waals surface area contributed by atoms with E-state index in [0.29, 0.717) is 22.5 Å². The first-order chi connectivity index (χ1) is 11.7. The summed E-state index contributed by atoms with van der Waals surface area (Å²) in [5.74, 6) is -0.528. The van der Waals surface area contributed by atoms with E-state index in [4.69, 9.17) is 5.73 Å². The minimum absolute atomic E-state index is 0.105. The van der Waals surface area contributed by atoms with E-state index in [1.54, 1.807) is 24.0 Å². The smallest absolute Gasteiger partial charge is 0.232 e. The molecule has 3 N–H and O–H groups in total. The van der Waals surface area contributed by atoms with Crippen LogP contribution in [0.15, 0.2) is 24.4 Å². The number of nitrogens with zero attached hydrogens (tertiary/aromatic N) is 3. The SMILES string of the molecule is CCS(=O)(=O)Nc1ccc(-c2nn(C)c3c(I)cnc(N)c23)cc1F. The fourth-order valence-electron chi connectivity index (χ4n) is 2.48. The Hall–Kier alpha value is -1.95. The standard InChI is InChI=1S/C15H15FIN5O2S/c1-3-25(23,24)21-11-5-4-8(6-9(11)16)13-12-14(22(2)20-13)10(17)7-19-15(12)18/h4-7,21H,3H2,1-2H3,(H2,18,19). The summed E-state index contributed by atoms with van der Waals surface area (Å²) >= 11 is 2.13. The highest BCUT2D eigenvalue weighted by molar-refractivity contribution is 14.1. The van der Waals surface area contributed by atoms with Gasteiger partial charge in [0.05, 0.1) is 25.9 Å². The summed E-state index contributed by atoms with van der Waals surface area (Å²) in [7, 11) is -1.78. The van der Waals surface area contributed by atoms with Crippen LogP contribution in [0.1, 0.15) is 6.92 Å². The van der Waals surface area contributed by atoms with Crippen LogP contribution in [0.3, 0.4) is 0 Å². The lowest BCUT2D eigenvalue weighted by atomic mass is 10.1. The zero-order chi connectivity index (χ0) is 18.4. The molecule has 3 rings (SSSR count). The van der Waals surface area contributed by atoms with Crippen molar-refractivity contribution in [2.45, 2.75) is 6.92 Å². The van der Waals surface area contributed by atoms with Gasteiger partial charge in [-0.05, 0) is 41.6 Å². The Morgan fingerprint density at radius 3 is 2.76 bits per heavy atom. The van der Waals surface area contributed by atoms with E-state index in [-0.39, 0.29) is 11.4 Å². The Labute approximate surface area is 157 Å². The number of nitrogens with two attached hydrogens (primary N) is 1. The van der Waals surface area contributed by atoms with Crippen molar-refractivity contribution < 1.29 is 12.8 Å². The van der Waals surface area contributed by atoms with Gasteiger partial charge in [0, 0.05) is 18.8 Å². The Morgan fingerprint density at radius 1 is 1.40 bits per heavy atom. The maximum atomic E-state index is 14.4. The minimum atomic E-state index is -3.56. The predicted molar refractivity (Wildman–Crippen MR) is 104 cm³/mol. The summed E-state index contributed by atoms with van der Waals surface area (Å²) in [5, 5.41) is 5.06. The summed E-state index contributed by atoms with van der Waals surface area (Å²) in [6.45, 7) is 1.48. The minimum Gasteiger partial charge on any atom is -0.383 e. The van der Waals surface area contributed by atoms with Crippen LogP contribution < -0.4 is 10.5 Å². The van der Waals surface area contributed by atoms with E-state index in [0.717, 1.165) is 9.09 Å². The van der Waals surface area contributed by atoms with Gasteiger partial charge in [0.25, 0.3) is 0 Å². The summed E-state index contributed by atoms with van der Waals surface area (Å²) in [6, 6.07) is 4.20. The summed E-state index contributed by atoms with van der Waals surface area (Å²) in [4.78, 5) is 4.14. The lowest BCUT2D eigenvalue weighted by Crippen LogP contribution is -2.15. The van der Waals surface area contributed by atoms with Crippen molar-refractivity contribution in [2.24, 2.45) is 7.05 Å². The number of pyridine rings is 1. The maximum absolute atomic E-state index is 14.4. The van der Waals surface area contributed by atoms with Gasteiger partial charge in [0.1, 0.15) is 17.3 Å². The topological polar surface area (TPSA) is 103 Å². The molecule has 0 aliphatic rings. The van der Waals surface area contributed by atoms with Gasteiger partial charge in [-0.3, -0.25) is 9.40 Å². The average molecular weight is 475 g/mol. The molecule has 7 nitrogen and oxygen atoms in total. The summed E-state index contributed by atoms with van der Waals surface area (Å²) in [6.07, 6.45) is 1.65. The Balaban J connectivity index is 2.14. The van der Waals surface area contributed by atoms with E-state index in [2.05, 4.69) is 37.4 Å². The number of aryl methyl sites for hydroxylation is 1. The van der Waals surface area contributed by atoms with Gasteiger partial charge in [0.2, 0.25) is 10.0 Å². The van der Waals surface area contributed by atoms with Crippen LogP contribution in [0.25, 0.3) is 22.2 Å². The summed E-state index contributed by atoms with van der Waals surface area (Å²) < 4.78 is 42.4. The first-order valence-electron chi connectivity index (χ1n) is 7.30. The third-order valence-corrected chi connectivity index (χ3v) is 5.82.